The number of nitriles is 1. The molecule has 1 aromatic heterocycles. The van der Waals surface area contributed by atoms with Crippen LogP contribution in [-0.2, 0) is 4.79 Å². The van der Waals surface area contributed by atoms with Crippen molar-refractivity contribution < 1.29 is 9.53 Å². The van der Waals surface area contributed by atoms with Crippen LogP contribution in [0.1, 0.15) is 50.7 Å². The van der Waals surface area contributed by atoms with Gasteiger partial charge in [-0.15, -0.1) is 0 Å². The summed E-state index contributed by atoms with van der Waals surface area (Å²) >= 11 is 1.37. The summed E-state index contributed by atoms with van der Waals surface area (Å²) in [6, 6.07) is 8.28. The van der Waals surface area contributed by atoms with Gasteiger partial charge in [-0.1, -0.05) is 19.9 Å². The zero-order valence-corrected chi connectivity index (χ0v) is 17.3. The number of hydrogen-bond donors (Lipinski definition) is 1. The maximum absolute atomic E-state index is 12.3. The van der Waals surface area contributed by atoms with E-state index in [9.17, 15) is 10.1 Å². The molecule has 29 heavy (non-hydrogen) atoms. The molecule has 0 spiro atoms. The molecule has 4 rings (SSSR count). The molecule has 7 heteroatoms. The normalized spacial score (nSPS) is 19.2. The third-order valence-corrected chi connectivity index (χ3v) is 5.88. The minimum absolute atomic E-state index is 0.0343. The Morgan fingerprint density at radius 3 is 2.90 bits per heavy atom. The lowest BCUT2D eigenvalue weighted by Gasteiger charge is -2.18. The predicted molar refractivity (Wildman–Crippen MR) is 116 cm³/mol. The van der Waals surface area contributed by atoms with Gasteiger partial charge in [-0.2, -0.15) is 5.26 Å². The van der Waals surface area contributed by atoms with Crippen LogP contribution in [-0.4, -0.2) is 28.2 Å². The number of nitrogens with one attached hydrogen (secondary N) is 1. The topological polar surface area (TPSA) is 87.4 Å². The van der Waals surface area contributed by atoms with Crippen LogP contribution in [0, 0.1) is 11.3 Å². The lowest BCUT2D eigenvalue weighted by Crippen LogP contribution is -2.20. The number of amidine groups is 1. The number of pyridine rings is 1. The number of aromatic nitrogens is 1. The molecular weight excluding hydrogens is 384 g/mol. The number of fused-ring (bicyclic) bond motifs is 1. The monoisotopic (exact) mass is 406 g/mol. The average Bonchev–Trinajstić information content (AvgIpc) is 3.48. The molecule has 1 aliphatic heterocycles. The highest BCUT2D eigenvalue weighted by Gasteiger charge is 2.28. The Kier molecular flexibility index (Phi) is 5.54. The standard InChI is InChI=1S/C22H22N4O2S/c1-3-16(4-2)28-20-14(11-23)12-24-18-8-5-13(9-17(18)20)10-19-21(27)26-22(29-19)25-15-6-7-15/h5,8-10,12,15-16H,3-4,6-7H2,1-2H3,(H,25,26,27). The van der Waals surface area contributed by atoms with Crippen molar-refractivity contribution in [2.75, 3.05) is 0 Å². The summed E-state index contributed by atoms with van der Waals surface area (Å²) in [5.41, 5.74) is 2.03. The fourth-order valence-corrected chi connectivity index (χ4v) is 4.01. The van der Waals surface area contributed by atoms with Crippen LogP contribution in [0.2, 0.25) is 0 Å². The fourth-order valence-electron chi connectivity index (χ4n) is 3.11. The number of carbonyl (C=O) groups excluding carboxylic acids is 1. The first-order valence-electron chi connectivity index (χ1n) is 9.89. The quantitative estimate of drug-likeness (QED) is 0.719. The molecule has 0 bridgehead atoms. The second kappa shape index (κ2) is 8.26. The van der Waals surface area contributed by atoms with Gasteiger partial charge in [-0.05, 0) is 61.2 Å². The Bertz CT molecular complexity index is 1060. The van der Waals surface area contributed by atoms with Crippen molar-refractivity contribution in [3.8, 4) is 11.8 Å². The number of aliphatic imine (C=N–C) groups is 1. The smallest absolute Gasteiger partial charge is 0.264 e. The summed E-state index contributed by atoms with van der Waals surface area (Å²) in [4.78, 5) is 21.8. The van der Waals surface area contributed by atoms with Crippen LogP contribution < -0.4 is 10.1 Å². The van der Waals surface area contributed by atoms with Crippen LogP contribution in [0.5, 0.6) is 5.75 Å². The molecule has 148 valence electrons. The minimum atomic E-state index is -0.132. The first-order valence-corrected chi connectivity index (χ1v) is 10.7. The number of carbonyl (C=O) groups is 1. The molecule has 2 heterocycles. The average molecular weight is 407 g/mol. The van der Waals surface area contributed by atoms with Gasteiger partial charge in [0.2, 0.25) is 0 Å². The third-order valence-electron chi connectivity index (χ3n) is 4.95. The second-order valence-corrected chi connectivity index (χ2v) is 8.21. The molecular formula is C22H22N4O2S. The molecule has 1 saturated carbocycles. The largest absolute Gasteiger partial charge is 0.488 e. The zero-order chi connectivity index (χ0) is 20.4. The maximum Gasteiger partial charge on any atom is 0.264 e. The molecule has 1 aromatic carbocycles. The van der Waals surface area contributed by atoms with E-state index in [1.807, 2.05) is 24.3 Å². The van der Waals surface area contributed by atoms with Gasteiger partial charge in [-0.25, -0.2) is 0 Å². The van der Waals surface area contributed by atoms with E-state index in [4.69, 9.17) is 4.74 Å². The van der Waals surface area contributed by atoms with Gasteiger partial charge in [0.15, 0.2) is 5.17 Å². The number of rotatable bonds is 6. The molecule has 2 fully saturated rings. The lowest BCUT2D eigenvalue weighted by molar-refractivity contribution is -0.115. The van der Waals surface area contributed by atoms with Crippen LogP contribution in [0.3, 0.4) is 0 Å². The Balaban J connectivity index is 1.71. The number of hydrogen-bond acceptors (Lipinski definition) is 6. The van der Waals surface area contributed by atoms with E-state index in [1.165, 1.54) is 11.8 Å². The Morgan fingerprint density at radius 1 is 1.41 bits per heavy atom. The number of ether oxygens (including phenoxy) is 1. The molecule has 0 atom stereocenters. The van der Waals surface area contributed by atoms with Crippen LogP contribution >= 0.6 is 11.8 Å². The first kappa shape index (κ1) is 19.5. The van der Waals surface area contributed by atoms with Gasteiger partial charge in [0, 0.05) is 11.6 Å². The van der Waals surface area contributed by atoms with Crippen LogP contribution in [0.25, 0.3) is 17.0 Å². The molecule has 6 nitrogen and oxygen atoms in total. The van der Waals surface area contributed by atoms with Crippen molar-refractivity contribution in [3.05, 3.63) is 40.4 Å². The van der Waals surface area contributed by atoms with E-state index >= 15 is 0 Å². The van der Waals surface area contributed by atoms with E-state index in [0.717, 1.165) is 42.1 Å². The maximum atomic E-state index is 12.3. The van der Waals surface area contributed by atoms with Crippen molar-refractivity contribution in [1.82, 2.24) is 10.3 Å². The summed E-state index contributed by atoms with van der Waals surface area (Å²) in [5.74, 6) is 0.429. The predicted octanol–water partition coefficient (Wildman–Crippen LogP) is 4.40. The zero-order valence-electron chi connectivity index (χ0n) is 16.4. The van der Waals surface area contributed by atoms with E-state index in [-0.39, 0.29) is 12.0 Å². The molecule has 0 radical (unpaired) electrons. The highest BCUT2D eigenvalue weighted by molar-refractivity contribution is 8.18. The van der Waals surface area contributed by atoms with Crippen molar-refractivity contribution in [2.24, 2.45) is 4.99 Å². The van der Waals surface area contributed by atoms with Gasteiger partial charge < -0.3 is 10.1 Å². The number of thioether (sulfide) groups is 1. The van der Waals surface area contributed by atoms with Crippen LogP contribution in [0.4, 0.5) is 0 Å². The van der Waals surface area contributed by atoms with Gasteiger partial charge in [0.05, 0.1) is 22.6 Å². The Labute approximate surface area is 174 Å². The summed E-state index contributed by atoms with van der Waals surface area (Å²) in [6.07, 6.45) is 7.33. The van der Waals surface area contributed by atoms with Crippen molar-refractivity contribution in [1.29, 1.82) is 5.26 Å². The van der Waals surface area contributed by atoms with Crippen molar-refractivity contribution in [3.63, 3.8) is 0 Å². The number of nitrogens with zero attached hydrogens (tertiary/aromatic N) is 3. The second-order valence-electron chi connectivity index (χ2n) is 7.18. The molecule has 1 N–H and O–H groups in total. The van der Waals surface area contributed by atoms with Gasteiger partial charge >= 0.3 is 0 Å². The summed E-state index contributed by atoms with van der Waals surface area (Å²) in [7, 11) is 0. The van der Waals surface area contributed by atoms with Gasteiger partial charge in [0.25, 0.3) is 5.91 Å². The van der Waals surface area contributed by atoms with Crippen LogP contribution in [0.15, 0.2) is 34.3 Å². The minimum Gasteiger partial charge on any atom is -0.488 e. The molecule has 1 aliphatic carbocycles. The fraction of sp³-hybridized carbons (Fsp3) is 0.364. The molecule has 1 amide bonds. The number of amides is 1. The molecule has 0 unspecified atom stereocenters. The first-order chi connectivity index (χ1) is 14.1. The third kappa shape index (κ3) is 4.28. The summed E-state index contributed by atoms with van der Waals surface area (Å²) in [6.45, 7) is 4.13. The van der Waals surface area contributed by atoms with Crippen molar-refractivity contribution in [2.45, 2.75) is 51.7 Å². The molecule has 2 aromatic rings. The molecule has 1 saturated heterocycles. The van der Waals surface area contributed by atoms with E-state index < -0.39 is 0 Å². The lowest BCUT2D eigenvalue weighted by atomic mass is 10.1. The van der Waals surface area contributed by atoms with Gasteiger partial charge in [-0.3, -0.25) is 14.8 Å². The molecule has 2 aliphatic rings. The van der Waals surface area contributed by atoms with E-state index in [0.29, 0.717) is 27.4 Å². The summed E-state index contributed by atoms with van der Waals surface area (Å²) in [5, 5.41) is 13.8. The summed E-state index contributed by atoms with van der Waals surface area (Å²) < 4.78 is 6.18. The highest BCUT2D eigenvalue weighted by atomic mass is 32.2. The highest BCUT2D eigenvalue weighted by Crippen LogP contribution is 2.33. The van der Waals surface area contributed by atoms with Crippen molar-refractivity contribution >= 4 is 39.8 Å². The Hall–Kier alpha value is -2.85. The Morgan fingerprint density at radius 2 is 2.21 bits per heavy atom. The van der Waals surface area contributed by atoms with E-state index in [2.05, 4.69) is 35.2 Å². The van der Waals surface area contributed by atoms with E-state index in [1.54, 1.807) is 6.20 Å². The number of benzene rings is 1. The van der Waals surface area contributed by atoms with Gasteiger partial charge in [0.1, 0.15) is 17.4 Å². The SMILES string of the molecule is CCC(CC)Oc1c(C#N)cnc2ccc(C=C3SC(=NC4CC4)NC3=O)cc12.